The van der Waals surface area contributed by atoms with Crippen LogP contribution in [0.4, 0.5) is 0 Å². The summed E-state index contributed by atoms with van der Waals surface area (Å²) in [6.45, 7) is 3.09. The number of hydrogen-bond donors (Lipinski definition) is 1. The summed E-state index contributed by atoms with van der Waals surface area (Å²) in [4.78, 5) is 16.9. The molecule has 0 radical (unpaired) electrons. The molecule has 0 spiro atoms. The molecular weight excluding hydrogens is 274 g/mol. The lowest BCUT2D eigenvalue weighted by Gasteiger charge is -2.30. The Morgan fingerprint density at radius 1 is 1.27 bits per heavy atom. The predicted molar refractivity (Wildman–Crippen MR) is 90.9 cm³/mol. The van der Waals surface area contributed by atoms with Crippen LogP contribution in [0, 0.1) is 5.92 Å². The molecule has 1 unspecified atom stereocenters. The molecule has 122 valence electrons. The highest BCUT2D eigenvalue weighted by atomic mass is 16.2. The molecule has 1 aliphatic heterocycles. The molecule has 1 aromatic rings. The molecule has 1 fully saturated rings. The van der Waals surface area contributed by atoms with E-state index in [9.17, 15) is 4.79 Å². The number of benzene rings is 1. The minimum absolute atomic E-state index is 0.103. The van der Waals surface area contributed by atoms with E-state index in [1.807, 2.05) is 37.2 Å². The Hall–Kier alpha value is -1.39. The van der Waals surface area contributed by atoms with Crippen molar-refractivity contribution >= 4 is 5.91 Å². The predicted octanol–water partition coefficient (Wildman–Crippen LogP) is 1.62. The van der Waals surface area contributed by atoms with Crippen LogP contribution in [0.5, 0.6) is 0 Å². The lowest BCUT2D eigenvalue weighted by atomic mass is 9.97. The Balaban J connectivity index is 1.84. The average molecular weight is 303 g/mol. The van der Waals surface area contributed by atoms with Gasteiger partial charge in [0.25, 0.3) is 0 Å². The van der Waals surface area contributed by atoms with E-state index >= 15 is 0 Å². The van der Waals surface area contributed by atoms with Crippen molar-refractivity contribution in [2.45, 2.75) is 25.3 Å². The molecule has 1 N–H and O–H groups in total. The molecule has 0 saturated carbocycles. The lowest BCUT2D eigenvalue weighted by molar-refractivity contribution is -0.125. The fourth-order valence-electron chi connectivity index (χ4n) is 2.98. The number of carbonyl (C=O) groups excluding carboxylic acids is 1. The van der Waals surface area contributed by atoms with Crippen LogP contribution in [0.25, 0.3) is 0 Å². The first-order chi connectivity index (χ1) is 10.6. The first kappa shape index (κ1) is 17.0. The van der Waals surface area contributed by atoms with E-state index < -0.39 is 0 Å². The summed E-state index contributed by atoms with van der Waals surface area (Å²) in [5, 5.41) is 3.17. The molecule has 1 atom stereocenters. The Bertz CT molecular complexity index is 453. The number of nitrogens with one attached hydrogen (secondary N) is 1. The molecule has 2 rings (SSSR count). The van der Waals surface area contributed by atoms with Gasteiger partial charge in [-0.1, -0.05) is 30.3 Å². The molecule has 0 aromatic heterocycles. The van der Waals surface area contributed by atoms with Gasteiger partial charge in [0.05, 0.1) is 6.04 Å². The Kier molecular flexibility index (Phi) is 6.40. The highest BCUT2D eigenvalue weighted by Crippen LogP contribution is 2.15. The second kappa shape index (κ2) is 8.30. The maximum absolute atomic E-state index is 12.5. The van der Waals surface area contributed by atoms with Crippen LogP contribution < -0.4 is 5.32 Å². The zero-order valence-electron chi connectivity index (χ0n) is 14.1. The third kappa shape index (κ3) is 5.11. The number of amides is 1. The van der Waals surface area contributed by atoms with Gasteiger partial charge < -0.3 is 10.2 Å². The molecule has 1 amide bonds. The maximum Gasteiger partial charge on any atom is 0.237 e. The minimum Gasteiger partial charge on any atom is -0.354 e. The van der Waals surface area contributed by atoms with Crippen molar-refractivity contribution in [3.63, 3.8) is 0 Å². The van der Waals surface area contributed by atoms with Gasteiger partial charge in [-0.2, -0.15) is 0 Å². The van der Waals surface area contributed by atoms with E-state index in [1.165, 1.54) is 18.4 Å². The molecule has 0 aliphatic carbocycles. The number of likely N-dealkylation sites (tertiary alicyclic amines) is 1. The topological polar surface area (TPSA) is 35.6 Å². The maximum atomic E-state index is 12.5. The monoisotopic (exact) mass is 303 g/mol. The number of hydrogen-bond acceptors (Lipinski definition) is 3. The van der Waals surface area contributed by atoms with Gasteiger partial charge in [0.1, 0.15) is 0 Å². The average Bonchev–Trinajstić information content (AvgIpc) is 2.52. The fraction of sp³-hybridized carbons (Fsp3) is 0.611. The highest BCUT2D eigenvalue weighted by Gasteiger charge is 2.23. The summed E-state index contributed by atoms with van der Waals surface area (Å²) in [6.07, 6.45) is 3.12. The van der Waals surface area contributed by atoms with Crippen molar-refractivity contribution in [1.29, 1.82) is 0 Å². The first-order valence-electron chi connectivity index (χ1n) is 8.23. The summed E-state index contributed by atoms with van der Waals surface area (Å²) in [6, 6.07) is 10.1. The largest absolute Gasteiger partial charge is 0.354 e. The van der Waals surface area contributed by atoms with E-state index in [1.54, 1.807) is 0 Å². The molecule has 1 heterocycles. The molecule has 22 heavy (non-hydrogen) atoms. The van der Waals surface area contributed by atoms with Gasteiger partial charge in [-0.15, -0.1) is 0 Å². The molecule has 4 heteroatoms. The standard InChI is InChI=1S/C18H29N3O/c1-20(2)17(13-15-7-5-4-6-8-15)18(22)19-14-16-9-11-21(3)12-10-16/h4-8,16-17H,9-14H2,1-3H3,(H,19,22). The van der Waals surface area contributed by atoms with Crippen LogP contribution in [0.1, 0.15) is 18.4 Å². The molecular formula is C18H29N3O. The Labute approximate surface area is 134 Å². The van der Waals surface area contributed by atoms with Crippen LogP contribution in [0.3, 0.4) is 0 Å². The van der Waals surface area contributed by atoms with E-state index in [2.05, 4.69) is 29.4 Å². The summed E-state index contributed by atoms with van der Waals surface area (Å²) in [5.41, 5.74) is 1.20. The molecule has 1 aliphatic rings. The number of piperidine rings is 1. The van der Waals surface area contributed by atoms with Crippen molar-refractivity contribution < 1.29 is 4.79 Å². The second-order valence-electron chi connectivity index (χ2n) is 6.66. The SMILES string of the molecule is CN1CCC(CNC(=O)C(Cc2ccccc2)N(C)C)CC1. The number of nitrogens with zero attached hydrogens (tertiary/aromatic N) is 2. The van der Waals surface area contributed by atoms with E-state index in [0.717, 1.165) is 26.1 Å². The highest BCUT2D eigenvalue weighted by molar-refractivity contribution is 5.82. The number of carbonyl (C=O) groups is 1. The van der Waals surface area contributed by atoms with Crippen molar-refractivity contribution in [3.05, 3.63) is 35.9 Å². The Morgan fingerprint density at radius 3 is 2.50 bits per heavy atom. The van der Waals surface area contributed by atoms with Crippen LogP contribution in [0.2, 0.25) is 0 Å². The number of likely N-dealkylation sites (N-methyl/N-ethyl adjacent to an activating group) is 1. The normalized spacial score (nSPS) is 18.4. The van der Waals surface area contributed by atoms with Crippen LogP contribution in [-0.4, -0.2) is 62.5 Å². The van der Waals surface area contributed by atoms with Gasteiger partial charge in [-0.25, -0.2) is 0 Å². The van der Waals surface area contributed by atoms with Gasteiger partial charge in [0.15, 0.2) is 0 Å². The summed E-state index contributed by atoms with van der Waals surface area (Å²) in [7, 11) is 6.11. The third-order valence-corrected chi connectivity index (χ3v) is 4.60. The van der Waals surface area contributed by atoms with E-state index in [4.69, 9.17) is 0 Å². The van der Waals surface area contributed by atoms with Gasteiger partial charge in [-0.05, 0) is 65.0 Å². The summed E-state index contributed by atoms with van der Waals surface area (Å²) < 4.78 is 0. The summed E-state index contributed by atoms with van der Waals surface area (Å²) in [5.74, 6) is 0.771. The number of rotatable bonds is 6. The van der Waals surface area contributed by atoms with Gasteiger partial charge >= 0.3 is 0 Å². The van der Waals surface area contributed by atoms with Crippen LogP contribution in [0.15, 0.2) is 30.3 Å². The van der Waals surface area contributed by atoms with Crippen molar-refractivity contribution in [2.24, 2.45) is 5.92 Å². The molecule has 1 saturated heterocycles. The fourth-order valence-corrected chi connectivity index (χ4v) is 2.98. The van der Waals surface area contributed by atoms with E-state index in [0.29, 0.717) is 5.92 Å². The molecule has 4 nitrogen and oxygen atoms in total. The van der Waals surface area contributed by atoms with E-state index in [-0.39, 0.29) is 11.9 Å². The first-order valence-corrected chi connectivity index (χ1v) is 8.23. The van der Waals surface area contributed by atoms with Crippen LogP contribution >= 0.6 is 0 Å². The van der Waals surface area contributed by atoms with Crippen molar-refractivity contribution in [3.8, 4) is 0 Å². The van der Waals surface area contributed by atoms with Gasteiger partial charge in [-0.3, -0.25) is 9.69 Å². The van der Waals surface area contributed by atoms with Crippen LogP contribution in [-0.2, 0) is 11.2 Å². The quantitative estimate of drug-likeness (QED) is 0.867. The smallest absolute Gasteiger partial charge is 0.237 e. The zero-order chi connectivity index (χ0) is 15.9. The van der Waals surface area contributed by atoms with Gasteiger partial charge in [0.2, 0.25) is 5.91 Å². The van der Waals surface area contributed by atoms with Gasteiger partial charge in [0, 0.05) is 6.54 Å². The third-order valence-electron chi connectivity index (χ3n) is 4.60. The van der Waals surface area contributed by atoms with Crippen molar-refractivity contribution in [2.75, 3.05) is 40.8 Å². The summed E-state index contributed by atoms with van der Waals surface area (Å²) >= 11 is 0. The Morgan fingerprint density at radius 2 is 1.91 bits per heavy atom. The second-order valence-corrected chi connectivity index (χ2v) is 6.66. The molecule has 1 aromatic carbocycles. The van der Waals surface area contributed by atoms with Crippen molar-refractivity contribution in [1.82, 2.24) is 15.1 Å². The molecule has 0 bridgehead atoms. The minimum atomic E-state index is -0.103. The lowest BCUT2D eigenvalue weighted by Crippen LogP contribution is -2.47. The zero-order valence-corrected chi connectivity index (χ0v) is 14.1.